The Morgan fingerprint density at radius 2 is 0.702 bits per heavy atom. The first kappa shape index (κ1) is 110. The average Bonchev–Trinajstić information content (AvgIpc) is 1.65. The molecule has 14 N–H and O–H groups in total. The van der Waals surface area contributed by atoms with Crippen molar-refractivity contribution in [3.8, 4) is 40.2 Å². The molecule has 0 radical (unpaired) electrons. The van der Waals surface area contributed by atoms with Crippen LogP contribution in [0, 0.1) is 0 Å². The Bertz CT molecular complexity index is 4350. The van der Waals surface area contributed by atoms with Crippen molar-refractivity contribution in [1.82, 2.24) is 0 Å². The highest BCUT2D eigenvalue weighted by Crippen LogP contribution is 2.41. The number of aryl methyl sites for hydroxylation is 1. The lowest BCUT2D eigenvalue weighted by atomic mass is 9.81. The normalized spacial score (nSPS) is 13.7. The minimum atomic E-state index is -2.83. The summed E-state index contributed by atoms with van der Waals surface area (Å²) in [5.41, 5.74) is 49.6. The summed E-state index contributed by atoms with van der Waals surface area (Å²) in [6.07, 6.45) is 2.23. The molecule has 2 saturated heterocycles. The third-order valence-corrected chi connectivity index (χ3v) is 19.1. The van der Waals surface area contributed by atoms with Gasteiger partial charge in [-0.05, 0) is 280 Å². The fraction of sp³-hybridized carbons (Fsp3) is 0.412. The van der Waals surface area contributed by atoms with Gasteiger partial charge in [-0.3, -0.25) is 0 Å². The molecule has 121 heavy (non-hydrogen) atoms. The van der Waals surface area contributed by atoms with E-state index in [2.05, 4.69) is 91.3 Å². The summed E-state index contributed by atoms with van der Waals surface area (Å²) < 4.78 is 220. The van der Waals surface area contributed by atoms with Crippen molar-refractivity contribution < 1.29 is 113 Å². The highest BCUT2D eigenvalue weighted by Gasteiger charge is 2.52. The molecule has 0 atom stereocenters. The molecule has 7 aromatic carbocycles. The summed E-state index contributed by atoms with van der Waals surface area (Å²) in [4.78, 5) is 0. The van der Waals surface area contributed by atoms with E-state index in [0.29, 0.717) is 71.9 Å². The van der Waals surface area contributed by atoms with Gasteiger partial charge in [0, 0.05) is 59.9 Å². The quantitative estimate of drug-likeness (QED) is 0.0178. The van der Waals surface area contributed by atoms with E-state index >= 15 is 0 Å². The molecule has 2 heterocycles. The van der Waals surface area contributed by atoms with E-state index < -0.39 is 46.3 Å². The average molecular weight is 1860 g/mol. The molecule has 7 aromatic rings. The number of rotatable bonds is 23. The minimum Gasteiger partial charge on any atom is -0.435 e. The first-order valence-corrected chi connectivity index (χ1v) is 38.9. The molecule has 36 heteroatoms. The molecule has 0 amide bonds. The number of alkyl halides is 14. The topological polar surface area (TPSA) is 284 Å². The van der Waals surface area contributed by atoms with Gasteiger partial charge < -0.3 is 91.9 Å². The van der Waals surface area contributed by atoms with Crippen LogP contribution in [0.25, 0.3) is 11.6 Å². The Morgan fingerprint density at radius 1 is 0.388 bits per heavy atom. The highest BCUT2D eigenvalue weighted by atomic mass is 79.9. The molecule has 0 aliphatic carbocycles. The van der Waals surface area contributed by atoms with E-state index in [0.717, 1.165) is 33.3 Å². The monoisotopic (exact) mass is 1850 g/mol. The van der Waals surface area contributed by atoms with Gasteiger partial charge >= 0.3 is 60.5 Å². The Kier molecular flexibility index (Phi) is 46.1. The van der Waals surface area contributed by atoms with Crippen molar-refractivity contribution >= 4 is 97.6 Å². The fourth-order valence-electron chi connectivity index (χ4n) is 10.1. The van der Waals surface area contributed by atoms with Crippen molar-refractivity contribution in [3.05, 3.63) is 201 Å². The van der Waals surface area contributed by atoms with Crippen LogP contribution in [-0.4, -0.2) is 82.9 Å². The van der Waals surface area contributed by atoms with E-state index in [-0.39, 0.29) is 101 Å². The standard InChI is InChI=1S/C12H17F2NO.C12H15F2NO.C10H12BrF2NO.C10H13F2NO.C10H11F2NO.C9H17BO2.C8H15BO2.C7H6BrF2NO.C7H7F2NO/c2*1-4-8-5-9(16-12(13)14)6-10(7(2)3)11(8)15;1-5(2)7-3-6(15-10(12)13)4-8(11)9(7)14;2*1-6(2)8-5-7(14-10(11)12)3-4-9(8)13;1-7(2)10-11-8(3,4)9(5,6)12-10;1-6-9-10-7(2,3)8(4,5)11-9;8-5-3-4(12-7(9)10)1-2-6(5)11;8-7(9)11-6-3-1-5(10)2-4-6/h5-7,12H,4,15H2,1-3H3;4-7,12H,1,15H2,2-3H3;3-5,10H,14H2,1-2H3;3-6,10H,13H2,1-2H3;3-5,10H,1,13H2,2H3;1H2,2-6H3;6H,1H2,2-5H3;1-3,7H,11H2;1-4,7H,10H2. The largest absolute Gasteiger partial charge is 0.489 e. The first-order chi connectivity index (χ1) is 55.7. The molecular weight excluding hydrogens is 1740 g/mol. The number of ether oxygens (including phenoxy) is 7. The maximum absolute atomic E-state index is 12.1. The van der Waals surface area contributed by atoms with Crippen LogP contribution in [0.5, 0.6) is 40.2 Å². The van der Waals surface area contributed by atoms with Crippen LogP contribution in [0.1, 0.15) is 194 Å². The molecule has 2 aliphatic heterocycles. The van der Waals surface area contributed by atoms with Crippen molar-refractivity contribution in [2.75, 3.05) is 40.1 Å². The zero-order chi connectivity index (χ0) is 93.3. The molecule has 672 valence electrons. The van der Waals surface area contributed by atoms with Crippen molar-refractivity contribution in [1.29, 1.82) is 0 Å². The summed E-state index contributed by atoms with van der Waals surface area (Å²) in [6.45, 7) is 32.5. The summed E-state index contributed by atoms with van der Waals surface area (Å²) in [5.74, 6) is 3.22. The van der Waals surface area contributed by atoms with Crippen molar-refractivity contribution in [3.63, 3.8) is 0 Å². The Labute approximate surface area is 718 Å². The number of anilines is 7. The van der Waals surface area contributed by atoms with Gasteiger partial charge in [0.1, 0.15) is 40.2 Å². The molecule has 0 unspecified atom stereocenters. The van der Waals surface area contributed by atoms with Crippen LogP contribution in [0.3, 0.4) is 0 Å². The molecule has 9 rings (SSSR count). The Morgan fingerprint density at radius 3 is 1.05 bits per heavy atom. The van der Waals surface area contributed by atoms with Gasteiger partial charge in [0.25, 0.3) is 0 Å². The Hall–Kier alpha value is -9.35. The Balaban J connectivity index is 0.000000683. The number of nitrogens with two attached hydrogens (primary N) is 7. The van der Waals surface area contributed by atoms with Crippen molar-refractivity contribution in [2.24, 2.45) is 0 Å². The zero-order valence-electron chi connectivity index (χ0n) is 71.2. The summed E-state index contributed by atoms with van der Waals surface area (Å²) >= 11 is 6.29. The van der Waals surface area contributed by atoms with E-state index in [1.807, 2.05) is 125 Å². The predicted molar refractivity (Wildman–Crippen MR) is 466 cm³/mol. The fourth-order valence-corrected chi connectivity index (χ4v) is 10.9. The lowest BCUT2D eigenvalue weighted by Crippen LogP contribution is -2.41. The maximum Gasteiger partial charge on any atom is 0.489 e. The maximum atomic E-state index is 12.1. The molecule has 0 aromatic heterocycles. The van der Waals surface area contributed by atoms with Gasteiger partial charge in [0.05, 0.1) is 22.4 Å². The van der Waals surface area contributed by atoms with Gasteiger partial charge in [0.2, 0.25) is 0 Å². The summed E-state index contributed by atoms with van der Waals surface area (Å²) in [5, 5.41) is 0. The lowest BCUT2D eigenvalue weighted by molar-refractivity contribution is -0.0506. The zero-order valence-corrected chi connectivity index (χ0v) is 74.4. The number of halogens is 16. The highest BCUT2D eigenvalue weighted by molar-refractivity contribution is 9.11. The summed E-state index contributed by atoms with van der Waals surface area (Å²) in [7, 11) is -0.491. The van der Waals surface area contributed by atoms with Gasteiger partial charge in [-0.15, -0.1) is 13.2 Å². The molecule has 2 aliphatic rings. The molecular formula is C85H113B2Br2F14N7O11. The van der Waals surface area contributed by atoms with E-state index in [9.17, 15) is 61.5 Å². The SMILES string of the molecule is C=C(C)B1OC(C)(C)C(C)(C)O1.C=C(C)c1cc(OC(F)F)ccc1N.C=CB1OC(C)(C)C(C)(C)O1.C=Cc1cc(OC(F)F)cc(C(C)C)c1N.CC(C)c1cc(OC(F)F)cc(Br)c1N.CC(C)c1cc(OC(F)F)ccc1N.CCc1cc(OC(F)F)cc(C(C)C)c1N.Nc1ccc(OC(F)F)cc1.Nc1ccc(OC(F)F)cc1Br. The van der Waals surface area contributed by atoms with Crippen LogP contribution in [0.2, 0.25) is 0 Å². The molecule has 0 saturated carbocycles. The number of hydrogen-bond donors (Lipinski definition) is 7. The van der Waals surface area contributed by atoms with Crippen molar-refractivity contribution in [2.45, 2.75) is 230 Å². The van der Waals surface area contributed by atoms with Crippen LogP contribution < -0.4 is 73.3 Å². The third kappa shape index (κ3) is 38.7. The van der Waals surface area contributed by atoms with Crippen LogP contribution in [0.4, 0.5) is 101 Å². The number of hydrogen-bond acceptors (Lipinski definition) is 18. The third-order valence-electron chi connectivity index (χ3n) is 17.8. The first-order valence-electron chi connectivity index (χ1n) is 37.3. The predicted octanol–water partition coefficient (Wildman–Crippen LogP) is 25.3. The summed E-state index contributed by atoms with van der Waals surface area (Å²) in [6, 6.07) is 28.1. The molecule has 0 spiro atoms. The van der Waals surface area contributed by atoms with Gasteiger partial charge in [-0.25, -0.2) is 0 Å². The number of benzene rings is 7. The van der Waals surface area contributed by atoms with Gasteiger partial charge in [-0.2, -0.15) is 61.5 Å². The van der Waals surface area contributed by atoms with Crippen LogP contribution >= 0.6 is 31.9 Å². The van der Waals surface area contributed by atoms with E-state index in [1.54, 1.807) is 43.2 Å². The molecule has 0 bridgehead atoms. The molecule has 18 nitrogen and oxygen atoms in total. The number of allylic oxidation sites excluding steroid dienone is 2. The van der Waals surface area contributed by atoms with Crippen LogP contribution in [0.15, 0.2) is 162 Å². The second kappa shape index (κ2) is 50.9. The van der Waals surface area contributed by atoms with Gasteiger partial charge in [-0.1, -0.05) is 93.0 Å². The minimum absolute atomic E-state index is 0.0890. The van der Waals surface area contributed by atoms with E-state index in [1.165, 1.54) is 91.0 Å². The second-order valence-corrected chi connectivity index (χ2v) is 31.4. The van der Waals surface area contributed by atoms with E-state index in [4.69, 9.17) is 58.8 Å². The second-order valence-electron chi connectivity index (χ2n) is 29.7. The smallest absolute Gasteiger partial charge is 0.435 e. The molecule has 2 fully saturated rings. The number of nitrogen functional groups attached to an aromatic ring is 7. The van der Waals surface area contributed by atoms with Gasteiger partial charge in [0.15, 0.2) is 0 Å². The lowest BCUT2D eigenvalue weighted by Gasteiger charge is -2.32. The van der Waals surface area contributed by atoms with Crippen LogP contribution in [-0.2, 0) is 25.0 Å².